The van der Waals surface area contributed by atoms with Crippen molar-refractivity contribution in [2.75, 3.05) is 20.1 Å². The molecule has 0 bridgehead atoms. The minimum Gasteiger partial charge on any atom is -0.310 e. The highest BCUT2D eigenvalue weighted by atomic mass is 79.9. The van der Waals surface area contributed by atoms with Crippen LogP contribution >= 0.6 is 15.9 Å². The molecule has 1 N–H and O–H groups in total. The number of hydrogen-bond donors (Lipinski definition) is 1. The Hall–Kier alpha value is -0.460. The van der Waals surface area contributed by atoms with Gasteiger partial charge >= 0.3 is 0 Å². The van der Waals surface area contributed by atoms with Crippen molar-refractivity contribution in [1.29, 1.82) is 0 Å². The lowest BCUT2D eigenvalue weighted by atomic mass is 9.85. The maximum atomic E-state index is 4.11. The third-order valence-corrected chi connectivity index (χ3v) is 4.78. The summed E-state index contributed by atoms with van der Waals surface area (Å²) in [6.07, 6.45) is 1.05. The van der Waals surface area contributed by atoms with Gasteiger partial charge in [0.1, 0.15) is 0 Å². The van der Waals surface area contributed by atoms with Gasteiger partial charge < -0.3 is 5.32 Å². The summed E-state index contributed by atoms with van der Waals surface area (Å²) in [5.41, 5.74) is 1.12. The highest BCUT2D eigenvalue weighted by Crippen LogP contribution is 2.36. The largest absolute Gasteiger partial charge is 0.310 e. The fourth-order valence-electron chi connectivity index (χ4n) is 2.94. The van der Waals surface area contributed by atoms with Crippen LogP contribution in [0.3, 0.4) is 0 Å². The number of hydrogen-bond acceptors (Lipinski definition) is 4. The van der Waals surface area contributed by atoms with Crippen LogP contribution in [-0.4, -0.2) is 45.6 Å². The fraction of sp³-hybridized carbons (Fsp3) is 0.846. The quantitative estimate of drug-likeness (QED) is 0.833. The van der Waals surface area contributed by atoms with Gasteiger partial charge in [-0.05, 0) is 49.4 Å². The number of likely N-dealkylation sites (N-methyl/N-ethyl adjacent to an activating group) is 2. The van der Waals surface area contributed by atoms with Gasteiger partial charge in [-0.3, -0.25) is 4.90 Å². The van der Waals surface area contributed by atoms with Gasteiger partial charge in [0.15, 0.2) is 4.60 Å². The summed E-state index contributed by atoms with van der Waals surface area (Å²) in [5.74, 6) is 0. The first kappa shape index (κ1) is 16.6. The van der Waals surface area contributed by atoms with E-state index in [-0.39, 0.29) is 11.6 Å². The standard InChI is InChI=1S/C13H26BrN5/c1-7-13(4,19(8-2)9-3)11(15-5)10-12(14)16-17-18(10)6/h11,15H,7-9H2,1-6H3. The molecule has 0 aliphatic rings. The molecule has 0 saturated carbocycles. The van der Waals surface area contributed by atoms with E-state index in [9.17, 15) is 0 Å². The maximum Gasteiger partial charge on any atom is 0.153 e. The third kappa shape index (κ3) is 3.01. The van der Waals surface area contributed by atoms with E-state index in [2.05, 4.69) is 64.2 Å². The molecule has 0 spiro atoms. The average Bonchev–Trinajstić information content (AvgIpc) is 2.73. The second-order valence-electron chi connectivity index (χ2n) is 4.99. The molecule has 0 aliphatic carbocycles. The minimum atomic E-state index is 0.0241. The van der Waals surface area contributed by atoms with E-state index < -0.39 is 0 Å². The van der Waals surface area contributed by atoms with Crippen LogP contribution < -0.4 is 5.32 Å². The van der Waals surface area contributed by atoms with E-state index in [0.29, 0.717) is 0 Å². The molecule has 1 aromatic heterocycles. The molecule has 1 heterocycles. The summed E-state index contributed by atoms with van der Waals surface area (Å²) in [6.45, 7) is 11.0. The Morgan fingerprint density at radius 1 is 1.37 bits per heavy atom. The predicted octanol–water partition coefficient (Wildman–Crippen LogP) is 2.35. The van der Waals surface area contributed by atoms with Gasteiger partial charge in [0.2, 0.25) is 0 Å². The second kappa shape index (κ2) is 6.81. The van der Waals surface area contributed by atoms with E-state index in [1.807, 2.05) is 18.8 Å². The minimum absolute atomic E-state index is 0.0241. The van der Waals surface area contributed by atoms with Gasteiger partial charge in [-0.15, -0.1) is 5.10 Å². The van der Waals surface area contributed by atoms with Gasteiger partial charge in [0.05, 0.1) is 11.7 Å². The first-order valence-corrected chi connectivity index (χ1v) is 7.72. The van der Waals surface area contributed by atoms with Gasteiger partial charge in [-0.25, -0.2) is 4.68 Å². The Labute approximate surface area is 124 Å². The zero-order valence-electron chi connectivity index (χ0n) is 12.9. The second-order valence-corrected chi connectivity index (χ2v) is 5.74. The molecule has 1 aromatic rings. The summed E-state index contributed by atoms with van der Waals surface area (Å²) in [7, 11) is 3.94. The molecule has 2 unspecified atom stereocenters. The monoisotopic (exact) mass is 331 g/mol. The molecule has 0 aromatic carbocycles. The number of aryl methyl sites for hydroxylation is 1. The Morgan fingerprint density at radius 3 is 2.26 bits per heavy atom. The number of aromatic nitrogens is 3. The highest BCUT2D eigenvalue weighted by Gasteiger charge is 2.39. The van der Waals surface area contributed by atoms with Gasteiger partial charge in [-0.2, -0.15) is 0 Å². The van der Waals surface area contributed by atoms with Crippen molar-refractivity contribution in [3.63, 3.8) is 0 Å². The average molecular weight is 332 g/mol. The van der Waals surface area contributed by atoms with Crippen LogP contribution in [0.2, 0.25) is 0 Å². The van der Waals surface area contributed by atoms with Crippen LogP contribution in [-0.2, 0) is 7.05 Å². The molecule has 0 fully saturated rings. The van der Waals surface area contributed by atoms with Crippen LogP contribution in [0.4, 0.5) is 0 Å². The maximum absolute atomic E-state index is 4.11. The smallest absolute Gasteiger partial charge is 0.153 e. The van der Waals surface area contributed by atoms with Gasteiger partial charge in [0.25, 0.3) is 0 Å². The highest BCUT2D eigenvalue weighted by molar-refractivity contribution is 9.10. The lowest BCUT2D eigenvalue weighted by Crippen LogP contribution is -2.54. The molecule has 1 rings (SSSR count). The summed E-state index contributed by atoms with van der Waals surface area (Å²) in [4.78, 5) is 2.49. The molecule has 0 amide bonds. The zero-order valence-corrected chi connectivity index (χ0v) is 14.5. The molecule has 2 atom stereocenters. The first-order chi connectivity index (χ1) is 8.96. The molecule has 5 nitrogen and oxygen atoms in total. The Morgan fingerprint density at radius 2 is 1.95 bits per heavy atom. The molecule has 19 heavy (non-hydrogen) atoms. The summed E-state index contributed by atoms with van der Waals surface area (Å²) in [5, 5.41) is 11.7. The summed E-state index contributed by atoms with van der Waals surface area (Å²) < 4.78 is 2.67. The molecule has 0 aliphatic heterocycles. The Bertz CT molecular complexity index is 382. The molecule has 0 radical (unpaired) electrons. The first-order valence-electron chi connectivity index (χ1n) is 6.93. The van der Waals surface area contributed by atoms with Crippen LogP contribution in [0.1, 0.15) is 45.9 Å². The van der Waals surface area contributed by atoms with Crippen LogP contribution in [0.25, 0.3) is 0 Å². The van der Waals surface area contributed by atoms with Crippen molar-refractivity contribution in [3.8, 4) is 0 Å². The van der Waals surface area contributed by atoms with Crippen molar-refractivity contribution < 1.29 is 0 Å². The van der Waals surface area contributed by atoms with Crippen molar-refractivity contribution in [2.24, 2.45) is 7.05 Å². The van der Waals surface area contributed by atoms with E-state index in [4.69, 9.17) is 0 Å². The summed E-state index contributed by atoms with van der Waals surface area (Å²) >= 11 is 3.52. The van der Waals surface area contributed by atoms with Crippen molar-refractivity contribution >= 4 is 15.9 Å². The van der Waals surface area contributed by atoms with Crippen molar-refractivity contribution in [1.82, 2.24) is 25.2 Å². The van der Waals surface area contributed by atoms with Crippen LogP contribution in [0.15, 0.2) is 4.60 Å². The molecular formula is C13H26BrN5. The lowest BCUT2D eigenvalue weighted by molar-refractivity contribution is 0.0695. The molecule has 110 valence electrons. The Kier molecular flexibility index (Phi) is 5.95. The predicted molar refractivity (Wildman–Crippen MR) is 82.1 cm³/mol. The Balaban J connectivity index is 3.26. The number of halogens is 1. The molecular weight excluding hydrogens is 306 g/mol. The van der Waals surface area contributed by atoms with E-state index in [1.54, 1.807) is 0 Å². The van der Waals surface area contributed by atoms with E-state index in [1.165, 1.54) is 0 Å². The van der Waals surface area contributed by atoms with E-state index in [0.717, 1.165) is 29.8 Å². The van der Waals surface area contributed by atoms with Crippen LogP contribution in [0.5, 0.6) is 0 Å². The van der Waals surface area contributed by atoms with Gasteiger partial charge in [-0.1, -0.05) is 26.0 Å². The van der Waals surface area contributed by atoms with E-state index >= 15 is 0 Å². The number of rotatable bonds is 7. The van der Waals surface area contributed by atoms with Gasteiger partial charge in [0, 0.05) is 12.6 Å². The lowest BCUT2D eigenvalue weighted by Gasteiger charge is -2.45. The number of nitrogens with one attached hydrogen (secondary N) is 1. The SMILES string of the molecule is CCN(CC)C(C)(CC)C(NC)c1c(Br)nnn1C. The topological polar surface area (TPSA) is 46.0 Å². The fourth-order valence-corrected chi connectivity index (χ4v) is 3.50. The molecule has 0 saturated heterocycles. The molecule has 6 heteroatoms. The van der Waals surface area contributed by atoms with Crippen molar-refractivity contribution in [3.05, 3.63) is 10.3 Å². The summed E-state index contributed by atoms with van der Waals surface area (Å²) in [6, 6.07) is 0.173. The number of nitrogens with zero attached hydrogens (tertiary/aromatic N) is 4. The zero-order chi connectivity index (χ0) is 14.6. The van der Waals surface area contributed by atoms with Crippen LogP contribution in [0, 0.1) is 0 Å². The normalized spacial score (nSPS) is 16.6. The third-order valence-electron chi connectivity index (χ3n) is 4.21. The van der Waals surface area contributed by atoms with Crippen molar-refractivity contribution in [2.45, 2.75) is 45.7 Å².